The normalized spacial score (nSPS) is 14.7. The van der Waals surface area contributed by atoms with Crippen LogP contribution in [-0.2, 0) is 0 Å². The van der Waals surface area contributed by atoms with E-state index in [4.69, 9.17) is 4.99 Å². The third-order valence-electron chi connectivity index (χ3n) is 4.28. The maximum atomic E-state index is 5.01. The minimum absolute atomic E-state index is 0. The molecular formula is C17H28Cl2N4O3S. The third-order valence-corrected chi connectivity index (χ3v) is 5.24. The van der Waals surface area contributed by atoms with E-state index in [0.717, 1.165) is 43.4 Å². The molecule has 0 amide bonds. The Morgan fingerprint density at radius 3 is 2.30 bits per heavy atom. The lowest BCUT2D eigenvalue weighted by atomic mass is 10.2. The van der Waals surface area contributed by atoms with Gasteiger partial charge in [0.2, 0.25) is 0 Å². The molecule has 4 rings (SSSR count). The Balaban J connectivity index is 0. The standard InChI is InChI=1S/C17H20N4S.2ClH.3H2O/c1-12-11-13-16(21-9-7-20(2)8-10-21)18-14-5-3-4-6-15(14)19-17(13)22-12;;;;;/h3-6,11,19H,7-10H2,1-2H3;2*1H;3*1H2. The van der Waals surface area contributed by atoms with Crippen LogP contribution < -0.4 is 5.32 Å². The van der Waals surface area contributed by atoms with E-state index in [-0.39, 0.29) is 41.2 Å². The van der Waals surface area contributed by atoms with E-state index >= 15 is 0 Å². The number of benzene rings is 1. The number of hydrogen-bond acceptors (Lipinski definition) is 5. The summed E-state index contributed by atoms with van der Waals surface area (Å²) >= 11 is 1.81. The molecule has 10 heteroatoms. The molecule has 1 aromatic heterocycles. The van der Waals surface area contributed by atoms with E-state index in [1.165, 1.54) is 15.4 Å². The van der Waals surface area contributed by atoms with Crippen molar-refractivity contribution in [1.29, 1.82) is 0 Å². The van der Waals surface area contributed by atoms with Crippen LogP contribution in [0.2, 0.25) is 0 Å². The molecule has 7 nitrogen and oxygen atoms in total. The second-order valence-electron chi connectivity index (χ2n) is 5.97. The third kappa shape index (κ3) is 5.55. The van der Waals surface area contributed by atoms with Crippen LogP contribution in [0.3, 0.4) is 0 Å². The van der Waals surface area contributed by atoms with E-state index in [0.29, 0.717) is 0 Å². The number of amidine groups is 1. The number of piperazine rings is 1. The number of aryl methyl sites for hydroxylation is 1. The Morgan fingerprint density at radius 2 is 1.63 bits per heavy atom. The van der Waals surface area contributed by atoms with Crippen LogP contribution in [0.25, 0.3) is 0 Å². The molecule has 7 N–H and O–H groups in total. The molecule has 2 aliphatic rings. The summed E-state index contributed by atoms with van der Waals surface area (Å²) in [7, 11) is 2.18. The van der Waals surface area contributed by atoms with Crippen LogP contribution in [0.5, 0.6) is 0 Å². The molecule has 3 heterocycles. The van der Waals surface area contributed by atoms with E-state index < -0.39 is 0 Å². The molecule has 0 spiro atoms. The highest BCUT2D eigenvalue weighted by molar-refractivity contribution is 7.16. The van der Waals surface area contributed by atoms with Gasteiger partial charge in [-0.05, 0) is 32.2 Å². The maximum absolute atomic E-state index is 5.01. The minimum Gasteiger partial charge on any atom is -0.412 e. The number of thiophene rings is 1. The summed E-state index contributed by atoms with van der Waals surface area (Å²) in [5.41, 5.74) is 3.36. The number of rotatable bonds is 0. The monoisotopic (exact) mass is 438 g/mol. The number of anilines is 2. The fourth-order valence-corrected chi connectivity index (χ4v) is 3.93. The van der Waals surface area contributed by atoms with Gasteiger partial charge in [-0.15, -0.1) is 36.2 Å². The predicted octanol–water partition coefficient (Wildman–Crippen LogP) is 1.81. The van der Waals surface area contributed by atoms with Crippen molar-refractivity contribution in [2.24, 2.45) is 4.99 Å². The highest BCUT2D eigenvalue weighted by Crippen LogP contribution is 2.39. The molecule has 0 unspecified atom stereocenters. The van der Waals surface area contributed by atoms with Gasteiger partial charge >= 0.3 is 0 Å². The number of nitrogens with zero attached hydrogens (tertiary/aromatic N) is 3. The van der Waals surface area contributed by atoms with Crippen molar-refractivity contribution in [3.05, 3.63) is 40.8 Å². The molecule has 0 bridgehead atoms. The lowest BCUT2D eigenvalue weighted by Crippen LogP contribution is -2.47. The minimum atomic E-state index is 0. The van der Waals surface area contributed by atoms with Crippen LogP contribution in [0.4, 0.5) is 16.4 Å². The molecule has 0 radical (unpaired) electrons. The van der Waals surface area contributed by atoms with Crippen LogP contribution in [-0.4, -0.2) is 65.3 Å². The van der Waals surface area contributed by atoms with Crippen molar-refractivity contribution in [2.75, 3.05) is 38.5 Å². The summed E-state index contributed by atoms with van der Waals surface area (Å²) in [5.74, 6) is 1.12. The van der Waals surface area contributed by atoms with Gasteiger partial charge in [-0.1, -0.05) is 12.1 Å². The summed E-state index contributed by atoms with van der Waals surface area (Å²) < 4.78 is 0. The second-order valence-corrected chi connectivity index (χ2v) is 7.22. The molecule has 2 aliphatic heterocycles. The van der Waals surface area contributed by atoms with Crippen molar-refractivity contribution in [3.8, 4) is 0 Å². The lowest BCUT2D eigenvalue weighted by molar-refractivity contribution is 0.216. The van der Waals surface area contributed by atoms with Crippen LogP contribution >= 0.6 is 36.2 Å². The summed E-state index contributed by atoms with van der Waals surface area (Å²) in [6.07, 6.45) is 0. The zero-order valence-electron chi connectivity index (χ0n) is 15.3. The molecular weight excluding hydrogens is 411 g/mol. The van der Waals surface area contributed by atoms with Crippen molar-refractivity contribution in [1.82, 2.24) is 9.80 Å². The molecule has 0 aliphatic carbocycles. The first kappa shape index (κ1) is 27.8. The molecule has 1 aromatic carbocycles. The van der Waals surface area contributed by atoms with Gasteiger partial charge in [0.05, 0.1) is 16.9 Å². The van der Waals surface area contributed by atoms with Gasteiger partial charge in [-0.3, -0.25) is 0 Å². The summed E-state index contributed by atoms with van der Waals surface area (Å²) in [5, 5.41) is 4.78. The van der Waals surface area contributed by atoms with Crippen molar-refractivity contribution >= 4 is 58.4 Å². The van der Waals surface area contributed by atoms with Gasteiger partial charge in [0.1, 0.15) is 10.8 Å². The summed E-state index contributed by atoms with van der Waals surface area (Å²) in [4.78, 5) is 11.1. The molecule has 154 valence electrons. The van der Waals surface area contributed by atoms with Gasteiger partial charge in [-0.2, -0.15) is 0 Å². The summed E-state index contributed by atoms with van der Waals surface area (Å²) in [6, 6.07) is 10.6. The van der Waals surface area contributed by atoms with Gasteiger partial charge in [0.15, 0.2) is 0 Å². The van der Waals surface area contributed by atoms with Crippen LogP contribution in [0.1, 0.15) is 10.4 Å². The van der Waals surface area contributed by atoms with Crippen molar-refractivity contribution in [2.45, 2.75) is 6.92 Å². The van der Waals surface area contributed by atoms with E-state index in [9.17, 15) is 0 Å². The van der Waals surface area contributed by atoms with E-state index in [1.54, 1.807) is 11.3 Å². The van der Waals surface area contributed by atoms with Gasteiger partial charge < -0.3 is 31.5 Å². The lowest BCUT2D eigenvalue weighted by Gasteiger charge is -2.34. The maximum Gasteiger partial charge on any atom is 0.139 e. The molecule has 0 saturated carbocycles. The number of aliphatic imine (C=N–C) groups is 1. The van der Waals surface area contributed by atoms with Crippen molar-refractivity contribution in [3.63, 3.8) is 0 Å². The highest BCUT2D eigenvalue weighted by atomic mass is 35.5. The smallest absolute Gasteiger partial charge is 0.139 e. The Bertz CT molecular complexity index is 750. The first-order valence-corrected chi connectivity index (χ1v) is 8.51. The average Bonchev–Trinajstić information content (AvgIpc) is 2.80. The topological polar surface area (TPSA) is 125 Å². The quantitative estimate of drug-likeness (QED) is 0.673. The molecule has 2 aromatic rings. The average molecular weight is 439 g/mol. The Labute approximate surface area is 175 Å². The number of likely N-dealkylation sites (N-methyl/N-ethyl adjacent to an activating group) is 1. The number of nitrogens with one attached hydrogen (secondary N) is 1. The summed E-state index contributed by atoms with van der Waals surface area (Å²) in [6.45, 7) is 6.41. The van der Waals surface area contributed by atoms with E-state index in [2.05, 4.69) is 59.4 Å². The largest absolute Gasteiger partial charge is 0.412 e. The Morgan fingerprint density at radius 1 is 1.00 bits per heavy atom. The number of hydrogen-bond donors (Lipinski definition) is 1. The predicted molar refractivity (Wildman–Crippen MR) is 119 cm³/mol. The number of para-hydroxylation sites is 2. The van der Waals surface area contributed by atoms with Gasteiger partial charge in [0, 0.05) is 31.1 Å². The van der Waals surface area contributed by atoms with Crippen LogP contribution in [0, 0.1) is 6.92 Å². The van der Waals surface area contributed by atoms with Gasteiger partial charge in [-0.25, -0.2) is 4.99 Å². The van der Waals surface area contributed by atoms with Gasteiger partial charge in [0.25, 0.3) is 0 Å². The Kier molecular flexibility index (Phi) is 11.8. The first-order valence-electron chi connectivity index (χ1n) is 7.70. The zero-order valence-corrected chi connectivity index (χ0v) is 17.7. The fraction of sp³-hybridized carbons (Fsp3) is 0.353. The molecule has 27 heavy (non-hydrogen) atoms. The van der Waals surface area contributed by atoms with E-state index in [1.807, 2.05) is 0 Å². The SMILES string of the molecule is Cc1cc2c(s1)Nc1ccccc1N=C2N1CCN(C)CC1.Cl.Cl.O.O.O. The highest BCUT2D eigenvalue weighted by Gasteiger charge is 2.25. The number of fused-ring (bicyclic) bond motifs is 2. The second kappa shape index (κ2) is 11.5. The molecule has 0 atom stereocenters. The van der Waals surface area contributed by atoms with Crippen molar-refractivity contribution < 1.29 is 16.4 Å². The Hall–Kier alpha value is -1.39. The molecule has 1 saturated heterocycles. The molecule has 1 fully saturated rings. The van der Waals surface area contributed by atoms with Crippen LogP contribution in [0.15, 0.2) is 35.3 Å². The zero-order chi connectivity index (χ0) is 15.1. The first-order chi connectivity index (χ1) is 10.7. The fourth-order valence-electron chi connectivity index (χ4n) is 3.01. The number of halogens is 2.